The normalized spacial score (nSPS) is 14.2. The molecular formula is C24H15ClF4N2. The molecule has 0 aliphatic carbocycles. The second-order valence-corrected chi connectivity index (χ2v) is 7.94. The molecule has 1 unspecified atom stereocenters. The monoisotopic (exact) mass is 442 g/mol. The summed E-state index contributed by atoms with van der Waals surface area (Å²) in [5, 5.41) is 1.38. The zero-order chi connectivity index (χ0) is 21.8. The molecule has 0 spiro atoms. The molecule has 0 aliphatic rings. The number of hydrogen-bond donors (Lipinski definition) is 2. The van der Waals surface area contributed by atoms with E-state index in [4.69, 9.17) is 11.6 Å². The largest absolute Gasteiger partial charge is 0.416 e. The van der Waals surface area contributed by atoms with Crippen LogP contribution < -0.4 is 0 Å². The third-order valence-corrected chi connectivity index (χ3v) is 6.21. The highest BCUT2D eigenvalue weighted by Gasteiger charge is 2.39. The van der Waals surface area contributed by atoms with Crippen LogP contribution >= 0.6 is 11.6 Å². The van der Waals surface area contributed by atoms with Gasteiger partial charge in [0.2, 0.25) is 0 Å². The quantitative estimate of drug-likeness (QED) is 0.216. The van der Waals surface area contributed by atoms with E-state index < -0.39 is 22.4 Å². The predicted octanol–water partition coefficient (Wildman–Crippen LogP) is 7.34. The first-order valence-electron chi connectivity index (χ1n) is 9.49. The second-order valence-electron chi connectivity index (χ2n) is 7.37. The van der Waals surface area contributed by atoms with Crippen molar-refractivity contribution in [3.63, 3.8) is 0 Å². The highest BCUT2D eigenvalue weighted by atomic mass is 35.5. The number of benzene rings is 3. The summed E-state index contributed by atoms with van der Waals surface area (Å²) in [5.41, 5.74) is 2.40. The predicted molar refractivity (Wildman–Crippen MR) is 114 cm³/mol. The first kappa shape index (κ1) is 19.7. The maximum absolute atomic E-state index is 14.1. The molecule has 31 heavy (non-hydrogen) atoms. The molecule has 2 aromatic heterocycles. The molecule has 0 saturated heterocycles. The molecule has 2 heterocycles. The number of alkyl halides is 4. The van der Waals surface area contributed by atoms with E-state index in [1.165, 1.54) is 24.3 Å². The molecule has 7 heteroatoms. The van der Waals surface area contributed by atoms with Crippen molar-refractivity contribution >= 4 is 33.4 Å². The van der Waals surface area contributed by atoms with Crippen LogP contribution in [0.25, 0.3) is 21.8 Å². The number of fused-ring (bicyclic) bond motifs is 2. The van der Waals surface area contributed by atoms with Gasteiger partial charge in [-0.25, -0.2) is 4.39 Å². The Morgan fingerprint density at radius 3 is 1.94 bits per heavy atom. The van der Waals surface area contributed by atoms with E-state index in [0.717, 1.165) is 23.0 Å². The number of hydrogen-bond acceptors (Lipinski definition) is 0. The van der Waals surface area contributed by atoms with Gasteiger partial charge in [-0.05, 0) is 42.0 Å². The lowest BCUT2D eigenvalue weighted by molar-refractivity contribution is -0.137. The molecule has 5 aromatic rings. The Morgan fingerprint density at radius 1 is 0.677 bits per heavy atom. The Bertz CT molecular complexity index is 1400. The molecule has 0 aliphatic heterocycles. The van der Waals surface area contributed by atoms with Crippen LogP contribution in [0.2, 0.25) is 0 Å². The fourth-order valence-corrected chi connectivity index (χ4v) is 4.52. The lowest BCUT2D eigenvalue weighted by Gasteiger charge is -2.28. The summed E-state index contributed by atoms with van der Waals surface area (Å²) in [7, 11) is 0. The van der Waals surface area contributed by atoms with E-state index in [9.17, 15) is 17.6 Å². The summed E-state index contributed by atoms with van der Waals surface area (Å²) >= 11 is 7.33. The van der Waals surface area contributed by atoms with Gasteiger partial charge >= 0.3 is 6.18 Å². The lowest BCUT2D eigenvalue weighted by atomic mass is 9.83. The molecule has 0 amide bonds. The van der Waals surface area contributed by atoms with Crippen LogP contribution in [0.5, 0.6) is 0 Å². The first-order chi connectivity index (χ1) is 14.8. The van der Waals surface area contributed by atoms with Gasteiger partial charge in [-0.1, -0.05) is 30.3 Å². The molecule has 156 valence electrons. The molecule has 2 nitrogen and oxygen atoms in total. The van der Waals surface area contributed by atoms with Crippen molar-refractivity contribution in [1.82, 2.24) is 9.97 Å². The van der Waals surface area contributed by atoms with Crippen LogP contribution in [0.15, 0.2) is 79.1 Å². The Balaban J connectivity index is 1.81. The summed E-state index contributed by atoms with van der Waals surface area (Å²) in [6.07, 6.45) is -1.04. The van der Waals surface area contributed by atoms with E-state index in [0.29, 0.717) is 27.6 Å². The van der Waals surface area contributed by atoms with Gasteiger partial charge in [0.1, 0.15) is 10.7 Å². The average Bonchev–Trinajstić information content (AvgIpc) is 3.37. The Kier molecular flexibility index (Phi) is 4.38. The van der Waals surface area contributed by atoms with E-state index in [1.54, 1.807) is 18.5 Å². The van der Waals surface area contributed by atoms with Crippen molar-refractivity contribution in [2.24, 2.45) is 0 Å². The van der Waals surface area contributed by atoms with Crippen molar-refractivity contribution < 1.29 is 17.6 Å². The van der Waals surface area contributed by atoms with Crippen LogP contribution in [0, 0.1) is 5.82 Å². The van der Waals surface area contributed by atoms with Gasteiger partial charge < -0.3 is 9.97 Å². The fourth-order valence-electron chi connectivity index (χ4n) is 4.08. The fraction of sp³-hybridized carbons (Fsp3) is 0.0833. The minimum Gasteiger partial charge on any atom is -0.361 e. The highest BCUT2D eigenvalue weighted by Crippen LogP contribution is 2.48. The number of para-hydroxylation sites is 1. The van der Waals surface area contributed by atoms with Gasteiger partial charge in [-0.15, -0.1) is 11.6 Å². The van der Waals surface area contributed by atoms with Crippen LogP contribution in [0.4, 0.5) is 17.6 Å². The third-order valence-electron chi connectivity index (χ3n) is 5.59. The van der Waals surface area contributed by atoms with E-state index in [2.05, 4.69) is 9.97 Å². The van der Waals surface area contributed by atoms with Crippen molar-refractivity contribution in [3.8, 4) is 0 Å². The number of aromatic nitrogens is 2. The van der Waals surface area contributed by atoms with E-state index in [-0.39, 0.29) is 0 Å². The zero-order valence-corrected chi connectivity index (χ0v) is 16.7. The van der Waals surface area contributed by atoms with Gasteiger partial charge in [0, 0.05) is 45.3 Å². The molecule has 0 fully saturated rings. The molecule has 3 aromatic carbocycles. The molecule has 5 rings (SSSR count). The Labute approximate surface area is 179 Å². The molecule has 0 radical (unpaired) electrons. The van der Waals surface area contributed by atoms with Crippen LogP contribution in [0.1, 0.15) is 22.3 Å². The molecule has 0 saturated carbocycles. The standard InChI is InChI=1S/C24H15ClF4N2/c25-23(14-5-7-15(8-6-14)24(27,28)29,19-12-30-21-4-2-1-3-17(19)21)20-13-31-22-10-9-16(26)11-18(20)22/h1-13,30-31H. The van der Waals surface area contributed by atoms with E-state index in [1.807, 2.05) is 24.3 Å². The first-order valence-corrected chi connectivity index (χ1v) is 9.86. The van der Waals surface area contributed by atoms with Gasteiger partial charge in [0.25, 0.3) is 0 Å². The third kappa shape index (κ3) is 3.10. The Morgan fingerprint density at radius 2 is 1.26 bits per heavy atom. The lowest BCUT2D eigenvalue weighted by Crippen LogP contribution is -2.22. The van der Waals surface area contributed by atoms with E-state index >= 15 is 0 Å². The number of nitrogens with one attached hydrogen (secondary N) is 2. The minimum absolute atomic E-state index is 0.432. The summed E-state index contributed by atoms with van der Waals surface area (Å²) in [5.74, 6) is -0.432. The van der Waals surface area contributed by atoms with Crippen molar-refractivity contribution in [2.75, 3.05) is 0 Å². The number of aromatic amines is 2. The number of H-pyrrole nitrogens is 2. The van der Waals surface area contributed by atoms with Crippen molar-refractivity contribution in [1.29, 1.82) is 0 Å². The van der Waals surface area contributed by atoms with Crippen molar-refractivity contribution in [3.05, 3.63) is 107 Å². The number of halogens is 5. The average molecular weight is 443 g/mol. The van der Waals surface area contributed by atoms with Gasteiger partial charge in [-0.2, -0.15) is 13.2 Å². The van der Waals surface area contributed by atoms with Gasteiger partial charge in [0.15, 0.2) is 0 Å². The second kappa shape index (κ2) is 6.89. The van der Waals surface area contributed by atoms with Gasteiger partial charge in [0.05, 0.1) is 5.56 Å². The van der Waals surface area contributed by atoms with Crippen LogP contribution in [0.3, 0.4) is 0 Å². The summed E-state index contributed by atoms with van der Waals surface area (Å²) < 4.78 is 53.5. The summed E-state index contributed by atoms with van der Waals surface area (Å²) in [6.45, 7) is 0. The zero-order valence-electron chi connectivity index (χ0n) is 15.9. The smallest absolute Gasteiger partial charge is 0.361 e. The SMILES string of the molecule is Fc1ccc2[nH]cc(C(Cl)(c3ccc(C(F)(F)F)cc3)c3c[nH]c4ccccc34)c2c1. The Hall–Kier alpha value is -3.25. The van der Waals surface area contributed by atoms with Crippen molar-refractivity contribution in [2.45, 2.75) is 11.1 Å². The molecule has 1 atom stereocenters. The maximum atomic E-state index is 14.1. The highest BCUT2D eigenvalue weighted by molar-refractivity contribution is 6.30. The minimum atomic E-state index is -4.46. The number of rotatable bonds is 3. The summed E-state index contributed by atoms with van der Waals surface area (Å²) in [6, 6.07) is 16.6. The molecule has 0 bridgehead atoms. The molecule has 2 N–H and O–H groups in total. The molecular weight excluding hydrogens is 428 g/mol. The van der Waals surface area contributed by atoms with Gasteiger partial charge in [-0.3, -0.25) is 0 Å². The topological polar surface area (TPSA) is 31.6 Å². The van der Waals surface area contributed by atoms with Crippen LogP contribution in [-0.4, -0.2) is 9.97 Å². The maximum Gasteiger partial charge on any atom is 0.416 e. The summed E-state index contributed by atoms with van der Waals surface area (Å²) in [4.78, 5) is 4.90. The van der Waals surface area contributed by atoms with Crippen LogP contribution in [-0.2, 0) is 11.1 Å².